The topological polar surface area (TPSA) is 65.6 Å². The molecule has 2 aromatic carbocycles. The van der Waals surface area contributed by atoms with Crippen molar-refractivity contribution in [2.75, 3.05) is 0 Å². The highest BCUT2D eigenvalue weighted by molar-refractivity contribution is 5.70. The van der Waals surface area contributed by atoms with Crippen molar-refractivity contribution in [3.8, 4) is 5.69 Å². The first-order valence-corrected chi connectivity index (χ1v) is 8.16. The van der Waals surface area contributed by atoms with Crippen molar-refractivity contribution in [1.29, 1.82) is 0 Å². The lowest BCUT2D eigenvalue weighted by atomic mass is 10.1. The van der Waals surface area contributed by atoms with Crippen molar-refractivity contribution in [3.05, 3.63) is 81.9 Å². The number of rotatable bonds is 3. The summed E-state index contributed by atoms with van der Waals surface area (Å²) in [6.07, 6.45) is -3.41. The highest BCUT2D eigenvalue weighted by Gasteiger charge is 2.30. The number of hydrogen-bond donors (Lipinski definition) is 0. The molecule has 0 fully saturated rings. The predicted octanol–water partition coefficient (Wildman–Crippen LogP) is 3.32. The number of aromatic nitrogens is 5. The maximum Gasteiger partial charge on any atom is 0.416 e. The van der Waals surface area contributed by atoms with Crippen molar-refractivity contribution in [2.45, 2.75) is 12.7 Å². The Bertz CT molecular complexity index is 1280. The van der Waals surface area contributed by atoms with Crippen LogP contribution in [0.15, 0.2) is 53.6 Å². The van der Waals surface area contributed by atoms with E-state index in [0.29, 0.717) is 6.07 Å². The molecule has 4 aromatic rings. The van der Waals surface area contributed by atoms with E-state index in [1.807, 2.05) is 0 Å². The zero-order chi connectivity index (χ0) is 20.8. The van der Waals surface area contributed by atoms with Crippen LogP contribution in [0.3, 0.4) is 0 Å². The molecule has 148 valence electrons. The first-order chi connectivity index (χ1) is 13.7. The van der Waals surface area contributed by atoms with Crippen molar-refractivity contribution in [3.63, 3.8) is 0 Å². The van der Waals surface area contributed by atoms with Gasteiger partial charge in [0.2, 0.25) is 0 Å². The van der Waals surface area contributed by atoms with Crippen LogP contribution in [0.5, 0.6) is 0 Å². The minimum Gasteiger partial charge on any atom is -0.293 e. The van der Waals surface area contributed by atoms with Crippen molar-refractivity contribution in [2.24, 2.45) is 0 Å². The van der Waals surface area contributed by atoms with Crippen LogP contribution in [-0.2, 0) is 12.7 Å². The van der Waals surface area contributed by atoms with Gasteiger partial charge in [0.15, 0.2) is 17.0 Å². The summed E-state index contributed by atoms with van der Waals surface area (Å²) in [6.45, 7) is -0.177. The molecular formula is C18H10F5N5O. The van der Waals surface area contributed by atoms with Gasteiger partial charge in [-0.3, -0.25) is 9.36 Å². The monoisotopic (exact) mass is 407 g/mol. The smallest absolute Gasteiger partial charge is 0.293 e. The molecule has 0 radical (unpaired) electrons. The van der Waals surface area contributed by atoms with Gasteiger partial charge in [-0.1, -0.05) is 17.3 Å². The average molecular weight is 407 g/mol. The summed E-state index contributed by atoms with van der Waals surface area (Å²) < 4.78 is 67.7. The van der Waals surface area contributed by atoms with E-state index in [0.717, 1.165) is 39.8 Å². The molecule has 0 aliphatic carbocycles. The molecule has 0 atom stereocenters. The van der Waals surface area contributed by atoms with E-state index in [1.165, 1.54) is 12.1 Å². The third-order valence-electron chi connectivity index (χ3n) is 4.17. The third-order valence-corrected chi connectivity index (χ3v) is 4.17. The fourth-order valence-electron chi connectivity index (χ4n) is 2.81. The van der Waals surface area contributed by atoms with Crippen LogP contribution in [-0.4, -0.2) is 24.5 Å². The molecule has 0 unspecified atom stereocenters. The van der Waals surface area contributed by atoms with E-state index in [9.17, 15) is 26.7 Å². The van der Waals surface area contributed by atoms with Gasteiger partial charge in [-0.15, -0.1) is 5.10 Å². The van der Waals surface area contributed by atoms with Gasteiger partial charge in [0.1, 0.15) is 17.8 Å². The summed E-state index contributed by atoms with van der Waals surface area (Å²) in [5, 5.41) is 7.38. The van der Waals surface area contributed by atoms with Gasteiger partial charge in [-0.05, 0) is 29.8 Å². The summed E-state index contributed by atoms with van der Waals surface area (Å²) in [5.74, 6) is -1.71. The van der Waals surface area contributed by atoms with Crippen LogP contribution in [0.25, 0.3) is 16.9 Å². The van der Waals surface area contributed by atoms with E-state index >= 15 is 0 Å². The Labute approximate surface area is 158 Å². The van der Waals surface area contributed by atoms with Crippen LogP contribution in [0.4, 0.5) is 22.0 Å². The molecule has 0 bridgehead atoms. The fourth-order valence-corrected chi connectivity index (χ4v) is 2.81. The normalized spacial score (nSPS) is 11.9. The van der Waals surface area contributed by atoms with E-state index in [-0.39, 0.29) is 29.0 Å². The van der Waals surface area contributed by atoms with Crippen LogP contribution >= 0.6 is 0 Å². The van der Waals surface area contributed by atoms with Crippen LogP contribution in [0, 0.1) is 11.6 Å². The molecule has 11 heteroatoms. The lowest BCUT2D eigenvalue weighted by Crippen LogP contribution is -2.22. The van der Waals surface area contributed by atoms with Gasteiger partial charge >= 0.3 is 6.18 Å². The second kappa shape index (κ2) is 6.76. The molecule has 0 aliphatic rings. The van der Waals surface area contributed by atoms with E-state index in [2.05, 4.69) is 15.3 Å². The summed E-state index contributed by atoms with van der Waals surface area (Å²) >= 11 is 0. The van der Waals surface area contributed by atoms with Crippen molar-refractivity contribution in [1.82, 2.24) is 24.5 Å². The highest BCUT2D eigenvalue weighted by Crippen LogP contribution is 2.29. The maximum atomic E-state index is 14.0. The predicted molar refractivity (Wildman–Crippen MR) is 91.4 cm³/mol. The first kappa shape index (κ1) is 18.7. The molecule has 4 rings (SSSR count). The minimum absolute atomic E-state index is 0.0687. The lowest BCUT2D eigenvalue weighted by molar-refractivity contribution is -0.137. The molecule has 2 aromatic heterocycles. The molecule has 0 aliphatic heterocycles. The number of hydrogen-bond acceptors (Lipinski definition) is 4. The van der Waals surface area contributed by atoms with Crippen LogP contribution < -0.4 is 5.56 Å². The summed E-state index contributed by atoms with van der Waals surface area (Å²) in [6, 6.07) is 7.32. The second-order valence-electron chi connectivity index (χ2n) is 6.14. The number of halogens is 5. The average Bonchev–Trinajstić information content (AvgIpc) is 3.08. The Morgan fingerprint density at radius 1 is 1.03 bits per heavy atom. The van der Waals surface area contributed by atoms with Gasteiger partial charge in [0, 0.05) is 6.07 Å². The molecule has 0 spiro atoms. The minimum atomic E-state index is -4.51. The standard InChI is InChI=1S/C18H10F5N5O/c19-12-4-5-14(13(20)7-12)28-16-15(25-26-28)17(29)27(9-24-16)8-10-2-1-3-11(6-10)18(21,22)23/h1-7,9H,8H2. The van der Waals surface area contributed by atoms with E-state index in [4.69, 9.17) is 0 Å². The Balaban J connectivity index is 1.74. The van der Waals surface area contributed by atoms with E-state index in [1.54, 1.807) is 0 Å². The Hall–Kier alpha value is -3.63. The van der Waals surface area contributed by atoms with Crippen molar-refractivity contribution < 1.29 is 22.0 Å². The van der Waals surface area contributed by atoms with Gasteiger partial charge < -0.3 is 0 Å². The fraction of sp³-hybridized carbons (Fsp3) is 0.111. The summed E-state index contributed by atoms with van der Waals surface area (Å²) in [5.41, 5.74) is -1.70. The molecular weight excluding hydrogens is 397 g/mol. The van der Waals surface area contributed by atoms with Crippen LogP contribution in [0.2, 0.25) is 0 Å². The Kier molecular flexibility index (Phi) is 4.36. The molecule has 6 nitrogen and oxygen atoms in total. The number of nitrogens with zero attached hydrogens (tertiary/aromatic N) is 5. The van der Waals surface area contributed by atoms with E-state index < -0.39 is 28.9 Å². The number of fused-ring (bicyclic) bond motifs is 1. The van der Waals surface area contributed by atoms with Gasteiger partial charge in [0.05, 0.1) is 12.1 Å². The SMILES string of the molecule is O=c1c2nnn(-c3ccc(F)cc3F)c2ncn1Cc1cccc(C(F)(F)F)c1. The molecule has 29 heavy (non-hydrogen) atoms. The molecule has 2 heterocycles. The number of alkyl halides is 3. The molecule has 0 saturated carbocycles. The number of benzene rings is 2. The lowest BCUT2D eigenvalue weighted by Gasteiger charge is -2.10. The quantitative estimate of drug-likeness (QED) is 0.489. The zero-order valence-corrected chi connectivity index (χ0v) is 14.4. The summed E-state index contributed by atoms with van der Waals surface area (Å²) in [4.78, 5) is 16.7. The largest absolute Gasteiger partial charge is 0.416 e. The highest BCUT2D eigenvalue weighted by atomic mass is 19.4. The third kappa shape index (κ3) is 3.46. The van der Waals surface area contributed by atoms with Gasteiger partial charge in [0.25, 0.3) is 5.56 Å². The molecule has 0 N–H and O–H groups in total. The van der Waals surface area contributed by atoms with Crippen LogP contribution in [0.1, 0.15) is 11.1 Å². The maximum absolute atomic E-state index is 14.0. The van der Waals surface area contributed by atoms with Crippen molar-refractivity contribution >= 4 is 11.2 Å². The summed E-state index contributed by atoms with van der Waals surface area (Å²) in [7, 11) is 0. The molecule has 0 amide bonds. The second-order valence-corrected chi connectivity index (χ2v) is 6.14. The Morgan fingerprint density at radius 2 is 1.83 bits per heavy atom. The van der Waals surface area contributed by atoms with Gasteiger partial charge in [-0.2, -0.15) is 17.9 Å². The Morgan fingerprint density at radius 3 is 2.55 bits per heavy atom. The molecule has 0 saturated heterocycles. The first-order valence-electron chi connectivity index (χ1n) is 8.16. The zero-order valence-electron chi connectivity index (χ0n) is 14.4. The van der Waals surface area contributed by atoms with Gasteiger partial charge in [-0.25, -0.2) is 13.8 Å².